The average molecular weight is 288 g/mol. The van der Waals surface area contributed by atoms with Gasteiger partial charge < -0.3 is 15.5 Å². The highest BCUT2D eigenvalue weighted by Gasteiger charge is 2.10. The third-order valence-corrected chi connectivity index (χ3v) is 4.05. The fourth-order valence-corrected chi connectivity index (χ4v) is 3.25. The van der Waals surface area contributed by atoms with Crippen molar-refractivity contribution < 1.29 is 4.42 Å². The molecule has 3 aromatic rings. The van der Waals surface area contributed by atoms with Crippen LogP contribution in [0.5, 0.6) is 0 Å². The molecule has 0 aliphatic rings. The van der Waals surface area contributed by atoms with E-state index in [2.05, 4.69) is 21.4 Å². The third-order valence-electron chi connectivity index (χ3n) is 2.90. The molecule has 0 amide bonds. The molecular weight excluding hydrogens is 272 g/mol. The molecule has 0 aliphatic carbocycles. The van der Waals surface area contributed by atoms with E-state index < -0.39 is 0 Å². The molecule has 0 radical (unpaired) electrons. The van der Waals surface area contributed by atoms with Gasteiger partial charge in [0.25, 0.3) is 0 Å². The monoisotopic (exact) mass is 288 g/mol. The number of hydrogen-bond donors (Lipinski definition) is 2. The molecule has 1 atom stereocenters. The second kappa shape index (κ2) is 5.60. The third kappa shape index (κ3) is 2.81. The molecule has 5 nitrogen and oxygen atoms in total. The normalized spacial score (nSPS) is 12.7. The maximum atomic E-state index is 5.85. The SMILES string of the molecule is C[C@@H](N)Cc1cc2ncnc(NCc3ccco3)c2s1. The Balaban J connectivity index is 1.84. The first-order valence-corrected chi connectivity index (χ1v) is 7.29. The van der Waals surface area contributed by atoms with Crippen molar-refractivity contribution in [2.45, 2.75) is 25.9 Å². The van der Waals surface area contributed by atoms with Crippen molar-refractivity contribution in [2.24, 2.45) is 5.73 Å². The lowest BCUT2D eigenvalue weighted by atomic mass is 10.2. The molecule has 6 heteroatoms. The van der Waals surface area contributed by atoms with Crippen molar-refractivity contribution in [3.63, 3.8) is 0 Å². The van der Waals surface area contributed by atoms with E-state index >= 15 is 0 Å². The fraction of sp³-hybridized carbons (Fsp3) is 0.286. The number of anilines is 1. The van der Waals surface area contributed by atoms with E-state index in [0.717, 1.165) is 28.2 Å². The van der Waals surface area contributed by atoms with Crippen molar-refractivity contribution >= 4 is 27.4 Å². The molecule has 20 heavy (non-hydrogen) atoms. The van der Waals surface area contributed by atoms with Crippen molar-refractivity contribution in [3.8, 4) is 0 Å². The molecular formula is C14H16N4OS. The Bertz CT molecular complexity index is 690. The summed E-state index contributed by atoms with van der Waals surface area (Å²) in [6.45, 7) is 2.62. The van der Waals surface area contributed by atoms with Gasteiger partial charge in [0.2, 0.25) is 0 Å². The molecule has 0 saturated carbocycles. The van der Waals surface area contributed by atoms with Crippen LogP contribution in [0.1, 0.15) is 17.6 Å². The van der Waals surface area contributed by atoms with Crippen LogP contribution in [0.3, 0.4) is 0 Å². The number of nitrogens with two attached hydrogens (primary N) is 1. The highest BCUT2D eigenvalue weighted by Crippen LogP contribution is 2.29. The van der Waals surface area contributed by atoms with E-state index in [1.165, 1.54) is 4.88 Å². The summed E-state index contributed by atoms with van der Waals surface area (Å²) in [4.78, 5) is 9.86. The molecule has 0 fully saturated rings. The maximum absolute atomic E-state index is 5.85. The predicted octanol–water partition coefficient (Wildman–Crippen LogP) is 2.79. The predicted molar refractivity (Wildman–Crippen MR) is 80.8 cm³/mol. The molecule has 0 saturated heterocycles. The topological polar surface area (TPSA) is 77.0 Å². The first-order chi connectivity index (χ1) is 9.72. The van der Waals surface area contributed by atoms with E-state index in [0.29, 0.717) is 6.54 Å². The van der Waals surface area contributed by atoms with Crippen LogP contribution in [0.25, 0.3) is 10.2 Å². The summed E-state index contributed by atoms with van der Waals surface area (Å²) in [6.07, 6.45) is 4.10. The number of rotatable bonds is 5. The van der Waals surface area contributed by atoms with Gasteiger partial charge in [-0.2, -0.15) is 0 Å². The smallest absolute Gasteiger partial charge is 0.147 e. The summed E-state index contributed by atoms with van der Waals surface area (Å²) in [5.74, 6) is 1.72. The fourth-order valence-electron chi connectivity index (χ4n) is 2.03. The van der Waals surface area contributed by atoms with E-state index in [4.69, 9.17) is 10.2 Å². The molecule has 3 aromatic heterocycles. The molecule has 3 heterocycles. The summed E-state index contributed by atoms with van der Waals surface area (Å²) in [5, 5.41) is 3.29. The molecule has 0 aromatic carbocycles. The summed E-state index contributed by atoms with van der Waals surface area (Å²) in [5.41, 5.74) is 6.81. The van der Waals surface area contributed by atoms with Crippen LogP contribution in [-0.4, -0.2) is 16.0 Å². The maximum Gasteiger partial charge on any atom is 0.147 e. The van der Waals surface area contributed by atoms with Gasteiger partial charge in [0.15, 0.2) is 0 Å². The van der Waals surface area contributed by atoms with Crippen molar-refractivity contribution in [3.05, 3.63) is 41.4 Å². The summed E-state index contributed by atoms with van der Waals surface area (Å²) in [6, 6.07) is 6.04. The second-order valence-corrected chi connectivity index (χ2v) is 5.90. The number of furan rings is 1. The number of aromatic nitrogens is 2. The van der Waals surface area contributed by atoms with Gasteiger partial charge in [0, 0.05) is 10.9 Å². The zero-order valence-corrected chi connectivity index (χ0v) is 12.0. The van der Waals surface area contributed by atoms with Crippen LogP contribution in [-0.2, 0) is 13.0 Å². The van der Waals surface area contributed by atoms with Gasteiger partial charge in [-0.3, -0.25) is 0 Å². The van der Waals surface area contributed by atoms with E-state index in [1.807, 2.05) is 19.1 Å². The highest BCUT2D eigenvalue weighted by molar-refractivity contribution is 7.19. The Kier molecular flexibility index (Phi) is 3.66. The lowest BCUT2D eigenvalue weighted by Crippen LogP contribution is -2.16. The Labute approximate surface area is 120 Å². The van der Waals surface area contributed by atoms with Crippen LogP contribution in [0.4, 0.5) is 5.82 Å². The van der Waals surface area contributed by atoms with Gasteiger partial charge in [-0.05, 0) is 31.5 Å². The van der Waals surface area contributed by atoms with Crippen LogP contribution in [0, 0.1) is 0 Å². The van der Waals surface area contributed by atoms with E-state index in [1.54, 1.807) is 23.9 Å². The van der Waals surface area contributed by atoms with Crippen LogP contribution in [0.2, 0.25) is 0 Å². The molecule has 3 rings (SSSR count). The highest BCUT2D eigenvalue weighted by atomic mass is 32.1. The Hall–Kier alpha value is -1.92. The zero-order valence-electron chi connectivity index (χ0n) is 11.2. The number of nitrogens with one attached hydrogen (secondary N) is 1. The minimum atomic E-state index is 0.149. The van der Waals surface area contributed by atoms with Crippen molar-refractivity contribution in [1.29, 1.82) is 0 Å². The molecule has 0 spiro atoms. The number of thiophene rings is 1. The van der Waals surface area contributed by atoms with E-state index in [9.17, 15) is 0 Å². The molecule has 0 bridgehead atoms. The van der Waals surface area contributed by atoms with Crippen LogP contribution in [0.15, 0.2) is 35.2 Å². The van der Waals surface area contributed by atoms with Gasteiger partial charge in [0.05, 0.1) is 23.0 Å². The number of nitrogens with zero attached hydrogens (tertiary/aromatic N) is 2. The first-order valence-electron chi connectivity index (χ1n) is 6.47. The standard InChI is InChI=1S/C14H16N4OS/c1-9(15)5-11-6-12-13(20-11)14(18-8-17-12)16-7-10-3-2-4-19-10/h2-4,6,8-9H,5,7,15H2,1H3,(H,16,17,18)/t9-/m1/s1. The van der Waals surface area contributed by atoms with Gasteiger partial charge in [-0.15, -0.1) is 11.3 Å². The average Bonchev–Trinajstić information content (AvgIpc) is 3.03. The van der Waals surface area contributed by atoms with Crippen molar-refractivity contribution in [2.75, 3.05) is 5.32 Å². The Morgan fingerprint density at radius 2 is 2.35 bits per heavy atom. The number of hydrogen-bond acceptors (Lipinski definition) is 6. The van der Waals surface area contributed by atoms with Crippen LogP contribution < -0.4 is 11.1 Å². The van der Waals surface area contributed by atoms with E-state index in [-0.39, 0.29) is 6.04 Å². The van der Waals surface area contributed by atoms with Crippen molar-refractivity contribution in [1.82, 2.24) is 9.97 Å². The molecule has 0 aliphatic heterocycles. The number of fused-ring (bicyclic) bond motifs is 1. The molecule has 3 N–H and O–H groups in total. The summed E-state index contributed by atoms with van der Waals surface area (Å²) in [7, 11) is 0. The minimum Gasteiger partial charge on any atom is -0.467 e. The van der Waals surface area contributed by atoms with Crippen LogP contribution >= 0.6 is 11.3 Å². The molecule has 104 valence electrons. The zero-order chi connectivity index (χ0) is 13.9. The summed E-state index contributed by atoms with van der Waals surface area (Å²) >= 11 is 1.69. The van der Waals surface area contributed by atoms with Gasteiger partial charge in [-0.1, -0.05) is 0 Å². The summed E-state index contributed by atoms with van der Waals surface area (Å²) < 4.78 is 6.37. The molecule has 0 unspecified atom stereocenters. The Morgan fingerprint density at radius 1 is 1.45 bits per heavy atom. The van der Waals surface area contributed by atoms with Gasteiger partial charge in [-0.25, -0.2) is 9.97 Å². The Morgan fingerprint density at radius 3 is 3.10 bits per heavy atom. The minimum absolute atomic E-state index is 0.149. The quantitative estimate of drug-likeness (QED) is 0.755. The first kappa shape index (κ1) is 13.1. The lowest BCUT2D eigenvalue weighted by molar-refractivity contribution is 0.518. The second-order valence-electron chi connectivity index (χ2n) is 4.76. The van der Waals surface area contributed by atoms with Gasteiger partial charge in [0.1, 0.15) is 17.9 Å². The lowest BCUT2D eigenvalue weighted by Gasteiger charge is -2.03. The van der Waals surface area contributed by atoms with Gasteiger partial charge >= 0.3 is 0 Å². The largest absolute Gasteiger partial charge is 0.467 e.